The highest BCUT2D eigenvalue weighted by Gasteiger charge is 2.27. The third-order valence-electron chi connectivity index (χ3n) is 3.06. The number of hydrogen-bond donors (Lipinski definition) is 0. The lowest BCUT2D eigenvalue weighted by Crippen LogP contribution is -2.42. The summed E-state index contributed by atoms with van der Waals surface area (Å²) in [6.07, 6.45) is 2.07. The third kappa shape index (κ3) is 3.66. The van der Waals surface area contributed by atoms with Crippen LogP contribution in [-0.4, -0.2) is 68.1 Å². The van der Waals surface area contributed by atoms with Crippen molar-refractivity contribution < 1.29 is 13.2 Å². The van der Waals surface area contributed by atoms with Crippen LogP contribution >= 0.6 is 0 Å². The summed E-state index contributed by atoms with van der Waals surface area (Å²) in [5.41, 5.74) is 0. The summed E-state index contributed by atoms with van der Waals surface area (Å²) >= 11 is 0. The van der Waals surface area contributed by atoms with Crippen LogP contribution in [0.5, 0.6) is 0 Å². The van der Waals surface area contributed by atoms with Gasteiger partial charge < -0.3 is 4.90 Å². The van der Waals surface area contributed by atoms with E-state index in [1.54, 1.807) is 4.90 Å². The molecule has 0 aromatic heterocycles. The van der Waals surface area contributed by atoms with Crippen LogP contribution in [0, 0.1) is 0 Å². The first-order chi connectivity index (χ1) is 8.39. The second-order valence-electron chi connectivity index (χ2n) is 4.67. The maximum absolute atomic E-state index is 12.0. The fourth-order valence-electron chi connectivity index (χ4n) is 1.98. The van der Waals surface area contributed by atoms with Gasteiger partial charge in [-0.15, -0.1) is 0 Å². The fraction of sp³-hybridized carbons (Fsp3) is 0.909. The van der Waals surface area contributed by atoms with Crippen LogP contribution in [0.15, 0.2) is 0 Å². The van der Waals surface area contributed by atoms with E-state index in [1.165, 1.54) is 22.7 Å². The second-order valence-corrected chi connectivity index (χ2v) is 6.82. The fourth-order valence-corrected chi connectivity index (χ4v) is 3.11. The van der Waals surface area contributed by atoms with E-state index in [-0.39, 0.29) is 5.91 Å². The van der Waals surface area contributed by atoms with E-state index in [0.29, 0.717) is 39.0 Å². The Morgan fingerprint density at radius 3 is 2.39 bits per heavy atom. The van der Waals surface area contributed by atoms with E-state index in [1.807, 2.05) is 6.92 Å². The molecule has 1 aliphatic rings. The average Bonchev–Trinajstić information content (AvgIpc) is 2.54. The molecule has 1 rings (SSSR count). The van der Waals surface area contributed by atoms with Gasteiger partial charge in [0.2, 0.25) is 5.91 Å². The number of rotatable bonds is 4. The summed E-state index contributed by atoms with van der Waals surface area (Å²) in [5.74, 6) is 0.126. The van der Waals surface area contributed by atoms with Crippen molar-refractivity contribution in [2.75, 3.05) is 40.3 Å². The molecule has 0 aromatic rings. The molecule has 1 heterocycles. The van der Waals surface area contributed by atoms with Gasteiger partial charge in [0.1, 0.15) is 0 Å². The largest absolute Gasteiger partial charge is 0.341 e. The van der Waals surface area contributed by atoms with Gasteiger partial charge in [-0.05, 0) is 12.8 Å². The number of carbonyl (C=O) groups is 1. The standard InChI is InChI=1S/C11H23N3O3S/c1-4-6-11(15)13-7-5-8-14(10-9-13)18(16,17)12(2)3/h4-10H2,1-3H3. The molecule has 1 amide bonds. The van der Waals surface area contributed by atoms with E-state index in [9.17, 15) is 13.2 Å². The zero-order valence-electron chi connectivity index (χ0n) is 11.4. The number of carbonyl (C=O) groups excluding carboxylic acids is 1. The molecule has 0 bridgehead atoms. The molecule has 106 valence electrons. The Balaban J connectivity index is 2.64. The molecular formula is C11H23N3O3S. The van der Waals surface area contributed by atoms with Gasteiger partial charge in [-0.25, -0.2) is 0 Å². The van der Waals surface area contributed by atoms with E-state index in [2.05, 4.69) is 0 Å². The minimum atomic E-state index is -3.36. The van der Waals surface area contributed by atoms with Crippen molar-refractivity contribution in [2.24, 2.45) is 0 Å². The van der Waals surface area contributed by atoms with Crippen molar-refractivity contribution in [3.05, 3.63) is 0 Å². The molecule has 6 nitrogen and oxygen atoms in total. The molecule has 1 aliphatic heterocycles. The van der Waals surface area contributed by atoms with Crippen LogP contribution in [0.2, 0.25) is 0 Å². The van der Waals surface area contributed by atoms with Gasteiger partial charge in [0.15, 0.2) is 0 Å². The third-order valence-corrected chi connectivity index (χ3v) is 5.00. The molecule has 1 fully saturated rings. The lowest BCUT2D eigenvalue weighted by Gasteiger charge is -2.24. The summed E-state index contributed by atoms with van der Waals surface area (Å²) in [6, 6.07) is 0. The Labute approximate surface area is 110 Å². The number of nitrogens with zero attached hydrogens (tertiary/aromatic N) is 3. The number of hydrogen-bond acceptors (Lipinski definition) is 3. The lowest BCUT2D eigenvalue weighted by molar-refractivity contribution is -0.131. The van der Waals surface area contributed by atoms with Crippen LogP contribution in [-0.2, 0) is 15.0 Å². The van der Waals surface area contributed by atoms with E-state index in [0.717, 1.165) is 6.42 Å². The van der Waals surface area contributed by atoms with Gasteiger partial charge in [0, 0.05) is 46.7 Å². The summed E-state index contributed by atoms with van der Waals surface area (Å²) in [4.78, 5) is 13.6. The lowest BCUT2D eigenvalue weighted by atomic mass is 10.3. The monoisotopic (exact) mass is 277 g/mol. The molecule has 7 heteroatoms. The smallest absolute Gasteiger partial charge is 0.281 e. The Hall–Kier alpha value is -0.660. The molecule has 0 aromatic carbocycles. The Morgan fingerprint density at radius 2 is 1.83 bits per heavy atom. The van der Waals surface area contributed by atoms with Crippen LogP contribution in [0.1, 0.15) is 26.2 Å². The Morgan fingerprint density at radius 1 is 1.17 bits per heavy atom. The van der Waals surface area contributed by atoms with Crippen molar-refractivity contribution in [1.82, 2.24) is 13.5 Å². The quantitative estimate of drug-likeness (QED) is 0.734. The summed E-state index contributed by atoms with van der Waals surface area (Å²) in [5, 5.41) is 0. The first-order valence-electron chi connectivity index (χ1n) is 6.35. The molecular weight excluding hydrogens is 254 g/mol. The first-order valence-corrected chi connectivity index (χ1v) is 7.74. The molecule has 0 N–H and O–H groups in total. The van der Waals surface area contributed by atoms with E-state index in [4.69, 9.17) is 0 Å². The van der Waals surface area contributed by atoms with E-state index < -0.39 is 10.2 Å². The maximum atomic E-state index is 12.0. The van der Waals surface area contributed by atoms with Crippen molar-refractivity contribution in [3.8, 4) is 0 Å². The predicted molar refractivity (Wildman–Crippen MR) is 70.3 cm³/mol. The summed E-state index contributed by atoms with van der Waals surface area (Å²) in [6.45, 7) is 3.98. The molecule has 0 saturated carbocycles. The first kappa shape index (κ1) is 15.4. The highest BCUT2D eigenvalue weighted by molar-refractivity contribution is 7.86. The average molecular weight is 277 g/mol. The SMILES string of the molecule is CCCC(=O)N1CCCN(S(=O)(=O)N(C)C)CC1. The van der Waals surface area contributed by atoms with Crippen molar-refractivity contribution in [3.63, 3.8) is 0 Å². The zero-order valence-corrected chi connectivity index (χ0v) is 12.2. The van der Waals surface area contributed by atoms with Crippen molar-refractivity contribution in [1.29, 1.82) is 0 Å². The van der Waals surface area contributed by atoms with Gasteiger partial charge in [-0.1, -0.05) is 6.92 Å². The van der Waals surface area contributed by atoms with Crippen molar-refractivity contribution in [2.45, 2.75) is 26.2 Å². The summed E-state index contributed by atoms with van der Waals surface area (Å²) < 4.78 is 26.6. The number of amides is 1. The van der Waals surface area contributed by atoms with Gasteiger partial charge in [0.05, 0.1) is 0 Å². The van der Waals surface area contributed by atoms with Crippen LogP contribution < -0.4 is 0 Å². The molecule has 1 saturated heterocycles. The topological polar surface area (TPSA) is 60.9 Å². The zero-order chi connectivity index (χ0) is 13.8. The van der Waals surface area contributed by atoms with Gasteiger partial charge in [-0.3, -0.25) is 4.79 Å². The normalized spacial score (nSPS) is 19.0. The highest BCUT2D eigenvalue weighted by Crippen LogP contribution is 2.11. The molecule has 0 atom stereocenters. The van der Waals surface area contributed by atoms with Crippen LogP contribution in [0.4, 0.5) is 0 Å². The van der Waals surface area contributed by atoms with Crippen molar-refractivity contribution >= 4 is 16.1 Å². The molecule has 18 heavy (non-hydrogen) atoms. The molecule has 0 spiro atoms. The Bertz CT molecular complexity index is 381. The maximum Gasteiger partial charge on any atom is 0.281 e. The van der Waals surface area contributed by atoms with Gasteiger partial charge in [-0.2, -0.15) is 17.0 Å². The predicted octanol–water partition coefficient (Wildman–Crippen LogP) is 0.127. The van der Waals surface area contributed by atoms with Crippen LogP contribution in [0.3, 0.4) is 0 Å². The molecule has 0 unspecified atom stereocenters. The minimum Gasteiger partial charge on any atom is -0.341 e. The van der Waals surface area contributed by atoms with Crippen LogP contribution in [0.25, 0.3) is 0 Å². The summed E-state index contributed by atoms with van der Waals surface area (Å²) in [7, 11) is -0.300. The Kier molecular flexibility index (Phi) is 5.55. The van der Waals surface area contributed by atoms with Gasteiger partial charge >= 0.3 is 0 Å². The molecule has 0 aliphatic carbocycles. The second kappa shape index (κ2) is 6.49. The molecule has 0 radical (unpaired) electrons. The highest BCUT2D eigenvalue weighted by atomic mass is 32.2. The minimum absolute atomic E-state index is 0.126. The van der Waals surface area contributed by atoms with Gasteiger partial charge in [0.25, 0.3) is 10.2 Å². The van der Waals surface area contributed by atoms with E-state index >= 15 is 0 Å².